The van der Waals surface area contributed by atoms with Gasteiger partial charge in [-0.3, -0.25) is 4.79 Å². The number of nitrogens with zero attached hydrogens (tertiary/aromatic N) is 1. The minimum Gasteiger partial charge on any atom is -0.399 e. The molecule has 2 aromatic rings. The van der Waals surface area contributed by atoms with E-state index in [0.717, 1.165) is 10.8 Å². The Morgan fingerprint density at radius 2 is 1.80 bits per heavy atom. The smallest absolute Gasteiger partial charge is 0.399 e. The Morgan fingerprint density at radius 1 is 1.20 bits per heavy atom. The van der Waals surface area contributed by atoms with Crippen LogP contribution in [-0.2, 0) is 16.4 Å². The van der Waals surface area contributed by atoms with Crippen molar-refractivity contribution in [3.05, 3.63) is 28.8 Å². The molecule has 1 fully saturated rings. The SMILES string of the molecule is Cn1ccc2c(B3OC(C)(C)C(C)(C)O3)c[nH]c2c1=O. The molecule has 0 unspecified atom stereocenters. The number of nitrogens with one attached hydrogen (secondary N) is 1. The van der Waals surface area contributed by atoms with Crippen LogP contribution in [0.2, 0.25) is 0 Å². The second-order valence-corrected chi connectivity index (χ2v) is 6.35. The van der Waals surface area contributed by atoms with Crippen LogP contribution in [0.25, 0.3) is 10.9 Å². The molecule has 3 rings (SSSR count). The highest BCUT2D eigenvalue weighted by Crippen LogP contribution is 2.36. The molecule has 2 aromatic heterocycles. The van der Waals surface area contributed by atoms with Crippen molar-refractivity contribution in [3.63, 3.8) is 0 Å². The van der Waals surface area contributed by atoms with Gasteiger partial charge in [-0.2, -0.15) is 0 Å². The molecule has 0 aromatic carbocycles. The van der Waals surface area contributed by atoms with Crippen molar-refractivity contribution >= 4 is 23.5 Å². The van der Waals surface area contributed by atoms with Crippen LogP contribution in [-0.4, -0.2) is 27.9 Å². The monoisotopic (exact) mass is 274 g/mol. The number of aromatic amines is 1. The number of aryl methyl sites for hydroxylation is 1. The molecule has 0 radical (unpaired) electrons. The van der Waals surface area contributed by atoms with E-state index in [1.807, 2.05) is 33.8 Å². The van der Waals surface area contributed by atoms with Crippen molar-refractivity contribution in [3.8, 4) is 0 Å². The van der Waals surface area contributed by atoms with E-state index in [4.69, 9.17) is 9.31 Å². The molecule has 0 amide bonds. The highest BCUT2D eigenvalue weighted by molar-refractivity contribution is 6.65. The summed E-state index contributed by atoms with van der Waals surface area (Å²) in [5, 5.41) is 0.853. The first-order chi connectivity index (χ1) is 9.23. The van der Waals surface area contributed by atoms with E-state index in [-0.39, 0.29) is 16.8 Å². The minimum atomic E-state index is -0.458. The average Bonchev–Trinajstić information content (AvgIpc) is 2.84. The van der Waals surface area contributed by atoms with E-state index in [0.29, 0.717) is 5.52 Å². The van der Waals surface area contributed by atoms with E-state index >= 15 is 0 Å². The predicted octanol–water partition coefficient (Wildman–Crippen LogP) is 1.17. The Labute approximate surface area is 118 Å². The molecule has 106 valence electrons. The van der Waals surface area contributed by atoms with Gasteiger partial charge in [-0.05, 0) is 33.8 Å². The van der Waals surface area contributed by atoms with E-state index in [1.54, 1.807) is 24.0 Å². The molecule has 0 saturated carbocycles. The fourth-order valence-electron chi connectivity index (χ4n) is 2.40. The van der Waals surface area contributed by atoms with Crippen LogP contribution in [0.5, 0.6) is 0 Å². The second-order valence-electron chi connectivity index (χ2n) is 6.35. The van der Waals surface area contributed by atoms with Gasteiger partial charge in [-0.15, -0.1) is 0 Å². The molecule has 6 heteroatoms. The highest BCUT2D eigenvalue weighted by Gasteiger charge is 2.52. The summed E-state index contributed by atoms with van der Waals surface area (Å²) in [6.07, 6.45) is 3.56. The van der Waals surface area contributed by atoms with Gasteiger partial charge in [0.05, 0.1) is 11.2 Å². The molecule has 1 aliphatic heterocycles. The predicted molar refractivity (Wildman–Crippen MR) is 79.3 cm³/mol. The van der Waals surface area contributed by atoms with Gasteiger partial charge in [0.1, 0.15) is 5.52 Å². The van der Waals surface area contributed by atoms with Gasteiger partial charge < -0.3 is 18.9 Å². The zero-order valence-corrected chi connectivity index (χ0v) is 12.5. The van der Waals surface area contributed by atoms with Gasteiger partial charge in [0.15, 0.2) is 0 Å². The summed E-state index contributed by atoms with van der Waals surface area (Å²) >= 11 is 0. The van der Waals surface area contributed by atoms with Gasteiger partial charge in [0.25, 0.3) is 5.56 Å². The van der Waals surface area contributed by atoms with E-state index in [1.165, 1.54) is 0 Å². The van der Waals surface area contributed by atoms with Crippen molar-refractivity contribution in [2.24, 2.45) is 7.05 Å². The number of hydrogen-bond acceptors (Lipinski definition) is 3. The highest BCUT2D eigenvalue weighted by atomic mass is 16.7. The fourth-order valence-corrected chi connectivity index (χ4v) is 2.40. The lowest BCUT2D eigenvalue weighted by Gasteiger charge is -2.32. The van der Waals surface area contributed by atoms with Crippen LogP contribution in [0.3, 0.4) is 0 Å². The molecule has 0 aliphatic carbocycles. The van der Waals surface area contributed by atoms with Crippen LogP contribution >= 0.6 is 0 Å². The topological polar surface area (TPSA) is 56.2 Å². The Kier molecular flexibility index (Phi) is 2.69. The van der Waals surface area contributed by atoms with Crippen LogP contribution in [0.1, 0.15) is 27.7 Å². The third-order valence-electron chi connectivity index (χ3n) is 4.46. The third-order valence-corrected chi connectivity index (χ3v) is 4.46. The van der Waals surface area contributed by atoms with Gasteiger partial charge in [-0.1, -0.05) is 0 Å². The fraction of sp³-hybridized carbons (Fsp3) is 0.500. The summed E-state index contributed by atoms with van der Waals surface area (Å²) in [6.45, 7) is 8.06. The zero-order chi connectivity index (χ0) is 14.7. The Hall–Kier alpha value is -1.53. The molecule has 0 spiro atoms. The van der Waals surface area contributed by atoms with Crippen molar-refractivity contribution in [1.29, 1.82) is 0 Å². The summed E-state index contributed by atoms with van der Waals surface area (Å²) in [5.41, 5.74) is 0.628. The summed E-state index contributed by atoms with van der Waals surface area (Å²) in [7, 11) is 1.28. The van der Waals surface area contributed by atoms with E-state index < -0.39 is 7.12 Å². The molecule has 20 heavy (non-hydrogen) atoms. The Morgan fingerprint density at radius 3 is 2.40 bits per heavy atom. The van der Waals surface area contributed by atoms with Crippen molar-refractivity contribution in [2.45, 2.75) is 38.9 Å². The quantitative estimate of drug-likeness (QED) is 0.794. The first-order valence-electron chi connectivity index (χ1n) is 6.75. The first-order valence-corrected chi connectivity index (χ1v) is 6.75. The lowest BCUT2D eigenvalue weighted by Crippen LogP contribution is -2.41. The molecule has 1 saturated heterocycles. The lowest BCUT2D eigenvalue weighted by molar-refractivity contribution is 0.00578. The Balaban J connectivity index is 2.10. The van der Waals surface area contributed by atoms with Crippen LogP contribution in [0.4, 0.5) is 0 Å². The van der Waals surface area contributed by atoms with Crippen molar-refractivity contribution in [2.75, 3.05) is 0 Å². The largest absolute Gasteiger partial charge is 0.497 e. The molecule has 0 bridgehead atoms. The van der Waals surface area contributed by atoms with Gasteiger partial charge in [0.2, 0.25) is 0 Å². The standard InChI is InChI=1S/C14H19BN2O3/c1-13(2)14(3,4)20-15(19-13)10-8-16-11-9(10)6-7-17(5)12(11)18/h6-8,16H,1-5H3. The lowest BCUT2D eigenvalue weighted by atomic mass is 9.79. The summed E-state index contributed by atoms with van der Waals surface area (Å²) < 4.78 is 13.6. The molecule has 1 aliphatic rings. The van der Waals surface area contributed by atoms with Crippen molar-refractivity contribution in [1.82, 2.24) is 9.55 Å². The number of hydrogen-bond donors (Lipinski definition) is 1. The zero-order valence-electron chi connectivity index (χ0n) is 12.5. The maximum absolute atomic E-state index is 12.1. The first kappa shape index (κ1) is 13.5. The van der Waals surface area contributed by atoms with E-state index in [9.17, 15) is 4.79 Å². The minimum absolute atomic E-state index is 0.0507. The molecule has 0 atom stereocenters. The molecule has 3 heterocycles. The number of pyridine rings is 1. The molecule has 5 nitrogen and oxygen atoms in total. The molecule has 1 N–H and O–H groups in total. The third kappa shape index (κ3) is 1.75. The van der Waals surface area contributed by atoms with Gasteiger partial charge in [0, 0.05) is 30.3 Å². The number of aromatic nitrogens is 2. The Bertz CT molecular complexity index is 714. The summed E-state index contributed by atoms with van der Waals surface area (Å²) in [4.78, 5) is 15.1. The number of fused-ring (bicyclic) bond motifs is 1. The van der Waals surface area contributed by atoms with Crippen LogP contribution in [0.15, 0.2) is 23.3 Å². The maximum atomic E-state index is 12.1. The van der Waals surface area contributed by atoms with Crippen molar-refractivity contribution < 1.29 is 9.31 Å². The van der Waals surface area contributed by atoms with Gasteiger partial charge in [-0.25, -0.2) is 0 Å². The normalized spacial score (nSPS) is 20.8. The molecular weight excluding hydrogens is 255 g/mol. The van der Waals surface area contributed by atoms with Crippen LogP contribution < -0.4 is 11.0 Å². The second kappa shape index (κ2) is 3.99. The van der Waals surface area contributed by atoms with E-state index in [2.05, 4.69) is 4.98 Å². The van der Waals surface area contributed by atoms with Gasteiger partial charge >= 0.3 is 7.12 Å². The summed E-state index contributed by atoms with van der Waals surface area (Å²) in [5.74, 6) is 0. The molecular formula is C14H19BN2O3. The number of rotatable bonds is 1. The van der Waals surface area contributed by atoms with Crippen LogP contribution in [0, 0.1) is 0 Å². The number of H-pyrrole nitrogens is 1. The average molecular weight is 274 g/mol. The summed E-state index contributed by atoms with van der Waals surface area (Å²) in [6, 6.07) is 1.91. The maximum Gasteiger partial charge on any atom is 0.497 e.